The van der Waals surface area contributed by atoms with Crippen molar-refractivity contribution in [2.75, 3.05) is 7.11 Å². The monoisotopic (exact) mass is 218 g/mol. The summed E-state index contributed by atoms with van der Waals surface area (Å²) in [7, 11) is 1.56. The maximum atomic E-state index is 9.91. The van der Waals surface area contributed by atoms with Crippen molar-refractivity contribution < 1.29 is 24.1 Å². The molecule has 0 spiro atoms. The Kier molecular flexibility index (Phi) is 2.77. The van der Waals surface area contributed by atoms with Crippen molar-refractivity contribution in [3.05, 3.63) is 0 Å². The first-order valence-electron chi connectivity index (χ1n) is 5.16. The average Bonchev–Trinajstić information content (AvgIpc) is 2.48. The summed E-state index contributed by atoms with van der Waals surface area (Å²) in [6, 6.07) is 0. The third-order valence-corrected chi connectivity index (χ3v) is 2.83. The van der Waals surface area contributed by atoms with E-state index in [0.717, 1.165) is 0 Å². The molecule has 2 aliphatic rings. The van der Waals surface area contributed by atoms with Crippen molar-refractivity contribution in [2.45, 2.75) is 57.3 Å². The molecular formula is C10H18O5. The van der Waals surface area contributed by atoms with Crippen LogP contribution in [0.1, 0.15) is 20.8 Å². The second-order valence-corrected chi connectivity index (χ2v) is 4.50. The molecule has 0 unspecified atom stereocenters. The van der Waals surface area contributed by atoms with E-state index in [2.05, 4.69) is 0 Å². The molecular weight excluding hydrogens is 200 g/mol. The first-order chi connectivity index (χ1) is 6.94. The Morgan fingerprint density at radius 2 is 1.80 bits per heavy atom. The third kappa shape index (κ3) is 1.90. The van der Waals surface area contributed by atoms with Gasteiger partial charge >= 0.3 is 0 Å². The van der Waals surface area contributed by atoms with Gasteiger partial charge in [0.2, 0.25) is 0 Å². The summed E-state index contributed by atoms with van der Waals surface area (Å²) < 4.78 is 21.9. The molecule has 5 heteroatoms. The van der Waals surface area contributed by atoms with Gasteiger partial charge in [0.05, 0.1) is 6.10 Å². The largest absolute Gasteiger partial charge is 0.388 e. The van der Waals surface area contributed by atoms with E-state index in [-0.39, 0.29) is 18.3 Å². The van der Waals surface area contributed by atoms with Gasteiger partial charge in [-0.05, 0) is 20.8 Å². The normalized spacial score (nSPS) is 49.0. The molecule has 0 aromatic heterocycles. The molecule has 2 rings (SSSR count). The van der Waals surface area contributed by atoms with E-state index in [1.807, 2.05) is 13.8 Å². The van der Waals surface area contributed by atoms with E-state index in [4.69, 9.17) is 18.9 Å². The molecule has 0 aromatic rings. The SMILES string of the molecule is CO[C@H]1O[C@H](C)[C@@H](O)[C@@H]2OC(C)(C)O[C@H]12. The minimum Gasteiger partial charge on any atom is -0.388 e. The van der Waals surface area contributed by atoms with E-state index in [0.29, 0.717) is 0 Å². The molecule has 0 aliphatic carbocycles. The molecule has 2 fully saturated rings. The zero-order valence-corrected chi connectivity index (χ0v) is 9.47. The van der Waals surface area contributed by atoms with Gasteiger partial charge in [0.15, 0.2) is 12.1 Å². The van der Waals surface area contributed by atoms with Crippen LogP contribution >= 0.6 is 0 Å². The lowest BCUT2D eigenvalue weighted by Gasteiger charge is -2.37. The fraction of sp³-hybridized carbons (Fsp3) is 1.00. The first-order valence-corrected chi connectivity index (χ1v) is 5.16. The van der Waals surface area contributed by atoms with Crippen LogP contribution < -0.4 is 0 Å². The second-order valence-electron chi connectivity index (χ2n) is 4.50. The average molecular weight is 218 g/mol. The molecule has 5 atom stereocenters. The Morgan fingerprint density at radius 1 is 1.20 bits per heavy atom. The molecule has 88 valence electrons. The van der Waals surface area contributed by atoms with Crippen LogP contribution in [0.15, 0.2) is 0 Å². The van der Waals surface area contributed by atoms with E-state index >= 15 is 0 Å². The Labute approximate surface area is 89.3 Å². The Morgan fingerprint density at radius 3 is 2.40 bits per heavy atom. The number of hydrogen-bond donors (Lipinski definition) is 1. The summed E-state index contributed by atoms with van der Waals surface area (Å²) in [4.78, 5) is 0. The van der Waals surface area contributed by atoms with Crippen molar-refractivity contribution in [3.63, 3.8) is 0 Å². The quantitative estimate of drug-likeness (QED) is 0.684. The van der Waals surface area contributed by atoms with Crippen LogP contribution in [0.25, 0.3) is 0 Å². The van der Waals surface area contributed by atoms with Crippen LogP contribution in [0.5, 0.6) is 0 Å². The molecule has 2 saturated heterocycles. The molecule has 0 radical (unpaired) electrons. The van der Waals surface area contributed by atoms with Crippen molar-refractivity contribution in [1.82, 2.24) is 0 Å². The number of ether oxygens (including phenoxy) is 4. The van der Waals surface area contributed by atoms with Crippen LogP contribution in [-0.4, -0.2) is 48.7 Å². The molecule has 2 aliphatic heterocycles. The summed E-state index contributed by atoms with van der Waals surface area (Å²) in [6.07, 6.45) is -2.21. The van der Waals surface area contributed by atoms with Gasteiger partial charge in [-0.3, -0.25) is 0 Å². The minimum atomic E-state index is -0.694. The Balaban J connectivity index is 2.18. The van der Waals surface area contributed by atoms with E-state index in [1.165, 1.54) is 0 Å². The number of aliphatic hydroxyl groups excluding tert-OH is 1. The number of methoxy groups -OCH3 is 1. The molecule has 0 amide bonds. The van der Waals surface area contributed by atoms with Crippen LogP contribution in [0.2, 0.25) is 0 Å². The molecule has 5 nitrogen and oxygen atoms in total. The third-order valence-electron chi connectivity index (χ3n) is 2.83. The van der Waals surface area contributed by atoms with Gasteiger partial charge in [-0.25, -0.2) is 0 Å². The molecule has 1 N–H and O–H groups in total. The van der Waals surface area contributed by atoms with Gasteiger partial charge in [0, 0.05) is 7.11 Å². The molecule has 15 heavy (non-hydrogen) atoms. The van der Waals surface area contributed by atoms with Crippen LogP contribution in [0.4, 0.5) is 0 Å². The zero-order chi connectivity index (χ0) is 11.2. The van der Waals surface area contributed by atoms with Gasteiger partial charge in [0.1, 0.15) is 18.3 Å². The highest BCUT2D eigenvalue weighted by molar-refractivity contribution is 4.94. The minimum absolute atomic E-state index is 0.311. The van der Waals surface area contributed by atoms with Crippen molar-refractivity contribution in [1.29, 1.82) is 0 Å². The Hall–Kier alpha value is -0.200. The highest BCUT2D eigenvalue weighted by Crippen LogP contribution is 2.37. The Bertz CT molecular complexity index is 234. The summed E-state index contributed by atoms with van der Waals surface area (Å²) >= 11 is 0. The zero-order valence-electron chi connectivity index (χ0n) is 9.47. The maximum Gasteiger partial charge on any atom is 0.186 e. The molecule has 0 saturated carbocycles. The number of fused-ring (bicyclic) bond motifs is 1. The lowest BCUT2D eigenvalue weighted by Crippen LogP contribution is -2.55. The number of rotatable bonds is 1. The lowest BCUT2D eigenvalue weighted by molar-refractivity contribution is -0.262. The maximum absolute atomic E-state index is 9.91. The summed E-state index contributed by atoms with van der Waals surface area (Å²) in [6.45, 7) is 5.42. The number of hydrogen-bond acceptors (Lipinski definition) is 5. The van der Waals surface area contributed by atoms with Gasteiger partial charge in [-0.2, -0.15) is 0 Å². The van der Waals surface area contributed by atoms with Crippen LogP contribution in [0.3, 0.4) is 0 Å². The van der Waals surface area contributed by atoms with Crippen molar-refractivity contribution in [3.8, 4) is 0 Å². The van der Waals surface area contributed by atoms with Crippen LogP contribution in [-0.2, 0) is 18.9 Å². The summed E-state index contributed by atoms with van der Waals surface area (Å²) in [5, 5.41) is 9.91. The molecule has 0 bridgehead atoms. The van der Waals surface area contributed by atoms with Gasteiger partial charge in [-0.15, -0.1) is 0 Å². The van der Waals surface area contributed by atoms with Crippen LogP contribution in [0, 0.1) is 0 Å². The highest BCUT2D eigenvalue weighted by atomic mass is 16.8. The number of aliphatic hydroxyl groups is 1. The summed E-state index contributed by atoms with van der Waals surface area (Å²) in [5.74, 6) is -0.694. The second kappa shape index (κ2) is 3.68. The van der Waals surface area contributed by atoms with Gasteiger partial charge < -0.3 is 24.1 Å². The predicted molar refractivity (Wildman–Crippen MR) is 51.2 cm³/mol. The fourth-order valence-electron chi connectivity index (χ4n) is 2.12. The standard InChI is InChI=1S/C10H18O5/c1-5-6(11)7-8(9(12-4)13-5)15-10(2,3)14-7/h5-9,11H,1-4H3/t5-,6-,7+,8+,9+/m1/s1. The summed E-state index contributed by atoms with van der Waals surface area (Å²) in [5.41, 5.74) is 0. The van der Waals surface area contributed by atoms with Gasteiger partial charge in [0.25, 0.3) is 0 Å². The van der Waals surface area contributed by atoms with Gasteiger partial charge in [-0.1, -0.05) is 0 Å². The fourth-order valence-corrected chi connectivity index (χ4v) is 2.12. The van der Waals surface area contributed by atoms with Crippen molar-refractivity contribution in [2.24, 2.45) is 0 Å². The smallest absolute Gasteiger partial charge is 0.186 e. The van der Waals surface area contributed by atoms with E-state index < -0.39 is 18.2 Å². The van der Waals surface area contributed by atoms with Crippen molar-refractivity contribution >= 4 is 0 Å². The first kappa shape index (κ1) is 11.3. The molecule has 0 aromatic carbocycles. The topological polar surface area (TPSA) is 57.2 Å². The van der Waals surface area contributed by atoms with E-state index in [1.54, 1.807) is 14.0 Å². The lowest BCUT2D eigenvalue weighted by atomic mass is 10.0. The highest BCUT2D eigenvalue weighted by Gasteiger charge is 2.54. The molecule has 2 heterocycles. The van der Waals surface area contributed by atoms with E-state index in [9.17, 15) is 5.11 Å². The predicted octanol–water partition coefficient (Wildman–Crippen LogP) is 0.259.